The molecule has 0 aliphatic heterocycles. The SMILES string of the molecule is CCCCCCCCCCCC(=O)O.S. The van der Waals surface area contributed by atoms with Crippen molar-refractivity contribution in [3.8, 4) is 0 Å². The van der Waals surface area contributed by atoms with E-state index in [1.165, 1.54) is 44.9 Å². The standard InChI is InChI=1S/C12H24O2.H2S/c1-2-3-4-5-6-7-8-9-10-11-12(13)14;/h2-11H2,1H3,(H,13,14);1H2. The second kappa shape index (κ2) is 13.8. The molecule has 3 heteroatoms. The summed E-state index contributed by atoms with van der Waals surface area (Å²) in [7, 11) is 0. The van der Waals surface area contributed by atoms with Gasteiger partial charge in [0.1, 0.15) is 0 Å². The Bertz CT molecular complexity index is 138. The summed E-state index contributed by atoms with van der Waals surface area (Å²) in [5.74, 6) is -0.659. The fourth-order valence-electron chi connectivity index (χ4n) is 1.59. The van der Waals surface area contributed by atoms with Crippen molar-refractivity contribution >= 4 is 19.5 Å². The van der Waals surface area contributed by atoms with Gasteiger partial charge in [-0.3, -0.25) is 4.79 Å². The van der Waals surface area contributed by atoms with E-state index in [4.69, 9.17) is 5.11 Å². The normalized spacial score (nSPS) is 9.67. The van der Waals surface area contributed by atoms with Gasteiger partial charge in [0.25, 0.3) is 0 Å². The van der Waals surface area contributed by atoms with E-state index in [1.807, 2.05) is 0 Å². The van der Waals surface area contributed by atoms with Gasteiger partial charge in [-0.2, -0.15) is 13.5 Å². The second-order valence-corrected chi connectivity index (χ2v) is 3.97. The van der Waals surface area contributed by atoms with E-state index in [0.29, 0.717) is 6.42 Å². The first kappa shape index (κ1) is 17.2. The Kier molecular flexibility index (Phi) is 15.9. The predicted octanol–water partition coefficient (Wildman–Crippen LogP) is 4.10. The van der Waals surface area contributed by atoms with Gasteiger partial charge in [-0.15, -0.1) is 0 Å². The lowest BCUT2D eigenvalue weighted by molar-refractivity contribution is -0.137. The number of hydrogen-bond acceptors (Lipinski definition) is 1. The van der Waals surface area contributed by atoms with Gasteiger partial charge in [-0.25, -0.2) is 0 Å². The molecule has 0 unspecified atom stereocenters. The molecule has 0 aliphatic rings. The number of carbonyl (C=O) groups is 1. The topological polar surface area (TPSA) is 37.3 Å². The monoisotopic (exact) mass is 234 g/mol. The molecule has 0 aliphatic carbocycles. The van der Waals surface area contributed by atoms with Gasteiger partial charge in [0.05, 0.1) is 0 Å². The largest absolute Gasteiger partial charge is 0.481 e. The molecule has 0 amide bonds. The predicted molar refractivity (Wildman–Crippen MR) is 69.9 cm³/mol. The molecule has 0 saturated heterocycles. The lowest BCUT2D eigenvalue weighted by Gasteiger charge is -2.00. The minimum absolute atomic E-state index is 0. The summed E-state index contributed by atoms with van der Waals surface area (Å²) in [5.41, 5.74) is 0. The zero-order chi connectivity index (χ0) is 10.6. The molecular weight excluding hydrogens is 208 g/mol. The Hall–Kier alpha value is -0.180. The molecule has 0 aromatic rings. The van der Waals surface area contributed by atoms with E-state index in [0.717, 1.165) is 12.8 Å². The van der Waals surface area contributed by atoms with Gasteiger partial charge in [-0.1, -0.05) is 58.3 Å². The molecule has 15 heavy (non-hydrogen) atoms. The number of unbranched alkanes of at least 4 members (excludes halogenated alkanes) is 8. The van der Waals surface area contributed by atoms with Crippen LogP contribution in [0.5, 0.6) is 0 Å². The zero-order valence-electron chi connectivity index (χ0n) is 9.93. The molecule has 0 aromatic carbocycles. The van der Waals surface area contributed by atoms with Crippen molar-refractivity contribution in [3.05, 3.63) is 0 Å². The minimum atomic E-state index is -0.659. The zero-order valence-corrected chi connectivity index (χ0v) is 10.9. The van der Waals surface area contributed by atoms with Crippen molar-refractivity contribution in [1.82, 2.24) is 0 Å². The third kappa shape index (κ3) is 16.5. The fourth-order valence-corrected chi connectivity index (χ4v) is 1.59. The van der Waals surface area contributed by atoms with Crippen LogP contribution in [0.2, 0.25) is 0 Å². The van der Waals surface area contributed by atoms with Crippen molar-refractivity contribution < 1.29 is 9.90 Å². The maximum Gasteiger partial charge on any atom is 0.303 e. The van der Waals surface area contributed by atoms with Gasteiger partial charge in [-0.05, 0) is 6.42 Å². The smallest absolute Gasteiger partial charge is 0.303 e. The summed E-state index contributed by atoms with van der Waals surface area (Å²) in [6.07, 6.45) is 11.5. The van der Waals surface area contributed by atoms with Crippen LogP contribution in [0.25, 0.3) is 0 Å². The Balaban J connectivity index is 0. The lowest BCUT2D eigenvalue weighted by Crippen LogP contribution is -1.93. The van der Waals surface area contributed by atoms with Crippen LogP contribution in [0, 0.1) is 0 Å². The fraction of sp³-hybridized carbons (Fsp3) is 0.917. The summed E-state index contributed by atoms with van der Waals surface area (Å²) in [5, 5.41) is 8.41. The van der Waals surface area contributed by atoms with Crippen molar-refractivity contribution in [2.45, 2.75) is 71.1 Å². The molecule has 0 aromatic heterocycles. The number of carboxylic acid groups (broad SMARTS) is 1. The highest BCUT2D eigenvalue weighted by Crippen LogP contribution is 2.10. The summed E-state index contributed by atoms with van der Waals surface area (Å²) >= 11 is 0. The summed E-state index contributed by atoms with van der Waals surface area (Å²) in [6.45, 7) is 2.23. The van der Waals surface area contributed by atoms with Crippen LogP contribution in [0.15, 0.2) is 0 Å². The summed E-state index contributed by atoms with van der Waals surface area (Å²) < 4.78 is 0. The minimum Gasteiger partial charge on any atom is -0.481 e. The van der Waals surface area contributed by atoms with E-state index >= 15 is 0 Å². The molecule has 0 radical (unpaired) electrons. The summed E-state index contributed by atoms with van der Waals surface area (Å²) in [4.78, 5) is 10.2. The highest BCUT2D eigenvalue weighted by Gasteiger charge is 1.96. The summed E-state index contributed by atoms with van der Waals surface area (Å²) in [6, 6.07) is 0. The lowest BCUT2D eigenvalue weighted by atomic mass is 10.1. The van der Waals surface area contributed by atoms with Gasteiger partial charge in [0, 0.05) is 6.42 Å². The Morgan fingerprint density at radius 1 is 0.867 bits per heavy atom. The van der Waals surface area contributed by atoms with Gasteiger partial charge < -0.3 is 5.11 Å². The highest BCUT2D eigenvalue weighted by atomic mass is 32.1. The Morgan fingerprint density at radius 3 is 1.67 bits per heavy atom. The van der Waals surface area contributed by atoms with E-state index in [-0.39, 0.29) is 13.5 Å². The number of hydrogen-bond donors (Lipinski definition) is 1. The van der Waals surface area contributed by atoms with Crippen LogP contribution in [0.3, 0.4) is 0 Å². The molecule has 0 spiro atoms. The number of rotatable bonds is 10. The molecule has 1 N–H and O–H groups in total. The van der Waals surface area contributed by atoms with Crippen molar-refractivity contribution in [3.63, 3.8) is 0 Å². The average Bonchev–Trinajstić information content (AvgIpc) is 2.15. The van der Waals surface area contributed by atoms with E-state index in [9.17, 15) is 4.79 Å². The molecule has 0 rings (SSSR count). The van der Waals surface area contributed by atoms with Gasteiger partial charge >= 0.3 is 5.97 Å². The van der Waals surface area contributed by atoms with Crippen molar-refractivity contribution in [2.24, 2.45) is 0 Å². The van der Waals surface area contributed by atoms with Gasteiger partial charge in [0.15, 0.2) is 0 Å². The maximum absolute atomic E-state index is 10.2. The first-order chi connectivity index (χ1) is 6.77. The highest BCUT2D eigenvalue weighted by molar-refractivity contribution is 7.59. The van der Waals surface area contributed by atoms with Crippen LogP contribution in [0.4, 0.5) is 0 Å². The molecule has 0 saturated carbocycles. The third-order valence-corrected chi connectivity index (χ3v) is 2.49. The van der Waals surface area contributed by atoms with E-state index in [2.05, 4.69) is 6.92 Å². The average molecular weight is 234 g/mol. The molecular formula is C12H26O2S. The second-order valence-electron chi connectivity index (χ2n) is 3.97. The third-order valence-electron chi connectivity index (χ3n) is 2.49. The van der Waals surface area contributed by atoms with E-state index in [1.54, 1.807) is 0 Å². The quantitative estimate of drug-likeness (QED) is 0.578. The van der Waals surface area contributed by atoms with Crippen LogP contribution in [-0.2, 0) is 4.79 Å². The molecule has 0 atom stereocenters. The first-order valence-electron chi connectivity index (χ1n) is 5.99. The van der Waals surface area contributed by atoms with Crippen LogP contribution in [-0.4, -0.2) is 11.1 Å². The molecule has 0 heterocycles. The van der Waals surface area contributed by atoms with Gasteiger partial charge in [0.2, 0.25) is 0 Å². The number of aliphatic carboxylic acids is 1. The van der Waals surface area contributed by atoms with Crippen molar-refractivity contribution in [2.75, 3.05) is 0 Å². The molecule has 92 valence electrons. The Morgan fingerprint density at radius 2 is 1.27 bits per heavy atom. The molecule has 0 bridgehead atoms. The Labute approximate surface area is 101 Å². The van der Waals surface area contributed by atoms with Crippen LogP contribution in [0.1, 0.15) is 71.1 Å². The van der Waals surface area contributed by atoms with Crippen LogP contribution < -0.4 is 0 Å². The molecule has 0 fully saturated rings. The van der Waals surface area contributed by atoms with Crippen LogP contribution >= 0.6 is 13.5 Å². The molecule has 2 nitrogen and oxygen atoms in total. The first-order valence-corrected chi connectivity index (χ1v) is 5.99. The number of carboxylic acids is 1. The van der Waals surface area contributed by atoms with E-state index < -0.39 is 5.97 Å². The van der Waals surface area contributed by atoms with Crippen molar-refractivity contribution in [1.29, 1.82) is 0 Å². The maximum atomic E-state index is 10.2.